The maximum Gasteiger partial charge on any atom is 0.360 e. The van der Waals surface area contributed by atoms with E-state index in [0.29, 0.717) is 29.3 Å². The molecule has 0 radical (unpaired) electrons. The maximum absolute atomic E-state index is 14.6. The summed E-state index contributed by atoms with van der Waals surface area (Å²) in [4.78, 5) is 87.4. The highest BCUT2D eigenvalue weighted by Gasteiger charge is 2.67. The molecule has 3 amide bonds. The van der Waals surface area contributed by atoms with E-state index in [0.717, 1.165) is 5.56 Å². The molecule has 2 aliphatic rings. The number of rotatable bonds is 16. The smallest absolute Gasteiger partial charge is 0.339 e. The Bertz CT molecular complexity index is 2100. The zero-order chi connectivity index (χ0) is 40.3. The van der Waals surface area contributed by atoms with Gasteiger partial charge >= 0.3 is 15.2 Å². The second-order valence-electron chi connectivity index (χ2n) is 13.7. The van der Waals surface area contributed by atoms with Gasteiger partial charge < -0.3 is 43.9 Å². The topological polar surface area (TPSA) is 247 Å². The third-order valence-corrected chi connectivity index (χ3v) is 15.9. The molecular weight excluding hydrogens is 786 g/mol. The van der Waals surface area contributed by atoms with Gasteiger partial charge in [0.25, 0.3) is 5.91 Å². The standard InChI is InChI=1S/C36H42N6O11P2S/c1-24(2)21-33(41-34(44)26(22-25-11-4-3-5-12-25)39-35(45)27-23-37-18-19-38-27)56-42(28-13-6-8-15-30(28)52-56,29-14-7-9-16-31(29)53-56)20-10-17-32(43)40-36(54(46,47)48)55(49,50)51/h3-9,11-16,18-19,23-24,26,33,36H,10,17,20-22H2,1-2H3,(H6-,39,40,41,43,44,45,46,47,48,49,50,51)/p+1/t26-,33+/m0/s1. The Morgan fingerprint density at radius 2 is 1.39 bits per heavy atom. The molecule has 1 aromatic heterocycles. The van der Waals surface area contributed by atoms with Crippen LogP contribution in [-0.2, 0) is 25.1 Å². The molecule has 0 spiro atoms. The van der Waals surface area contributed by atoms with Crippen molar-refractivity contribution in [2.24, 2.45) is 5.92 Å². The van der Waals surface area contributed by atoms with Gasteiger partial charge in [0.15, 0.2) is 5.37 Å². The predicted molar refractivity (Wildman–Crippen MR) is 208 cm³/mol. The minimum absolute atomic E-state index is 0.0199. The van der Waals surface area contributed by atoms with Gasteiger partial charge in [0, 0.05) is 54.6 Å². The van der Waals surface area contributed by atoms with Crippen LogP contribution in [0.1, 0.15) is 49.2 Å². The fraction of sp³-hybridized carbons (Fsp3) is 0.306. The van der Waals surface area contributed by atoms with Crippen molar-refractivity contribution in [1.82, 2.24) is 29.8 Å². The van der Waals surface area contributed by atoms with Crippen LogP contribution in [0.15, 0.2) is 97.5 Å². The number of hydrogen-bond acceptors (Lipinski definition) is 9. The molecule has 17 nitrogen and oxygen atoms in total. The van der Waals surface area contributed by atoms with Gasteiger partial charge in [0.05, 0.1) is 6.20 Å². The zero-order valence-corrected chi connectivity index (χ0v) is 33.0. The Balaban J connectivity index is 1.38. The monoisotopic (exact) mass is 829 g/mol. The van der Waals surface area contributed by atoms with Crippen molar-refractivity contribution in [1.29, 1.82) is 0 Å². The van der Waals surface area contributed by atoms with E-state index in [-0.39, 0.29) is 41.3 Å². The number of benzene rings is 3. The lowest BCUT2D eigenvalue weighted by Gasteiger charge is -2.49. The Labute approximate surface area is 324 Å². The van der Waals surface area contributed by atoms with Gasteiger partial charge in [-0.3, -0.25) is 28.5 Å². The average Bonchev–Trinajstić information content (AvgIpc) is 3.59. The van der Waals surface area contributed by atoms with Crippen molar-refractivity contribution in [2.45, 2.75) is 56.5 Å². The van der Waals surface area contributed by atoms with E-state index in [4.69, 9.17) is 8.37 Å². The lowest BCUT2D eigenvalue weighted by Crippen LogP contribution is -2.57. The van der Waals surface area contributed by atoms with Gasteiger partial charge in [-0.05, 0) is 30.0 Å². The third kappa shape index (κ3) is 8.38. The number of quaternary nitrogens is 1. The number of aromatic nitrogens is 2. The fourth-order valence-electron chi connectivity index (χ4n) is 6.85. The van der Waals surface area contributed by atoms with Gasteiger partial charge in [0.2, 0.25) is 40.2 Å². The summed E-state index contributed by atoms with van der Waals surface area (Å²) in [5.41, 5.74) is -0.532. The molecule has 3 heterocycles. The normalized spacial score (nSPS) is 20.6. The molecular formula is C36H43N6O11P2S+. The SMILES string of the molecule is CC(C)C[C@H](NC(=O)[C@H](Cc1ccccc1)NC(=O)c1cnccn1)S12Oc3ccccc3[N+]1(CCCC(=O)NC(P(=O)(O)O)P(=O)(O)O)c1ccccc1O2. The molecule has 3 aromatic carbocycles. The molecule has 20 heteroatoms. The summed E-state index contributed by atoms with van der Waals surface area (Å²) < 4.78 is 37.5. The molecule has 0 aliphatic carbocycles. The summed E-state index contributed by atoms with van der Waals surface area (Å²) in [6.45, 7) is 4.07. The molecule has 0 saturated heterocycles. The van der Waals surface area contributed by atoms with Gasteiger partial charge in [-0.2, -0.15) is 0 Å². The molecule has 0 bridgehead atoms. The second kappa shape index (κ2) is 16.5. The molecule has 0 unspecified atom stereocenters. The van der Waals surface area contributed by atoms with Gasteiger partial charge in [0.1, 0.15) is 18.3 Å². The summed E-state index contributed by atoms with van der Waals surface area (Å²) in [6, 6.07) is 22.6. The van der Waals surface area contributed by atoms with E-state index in [1.165, 1.54) is 18.6 Å². The number of nitrogens with zero attached hydrogens (tertiary/aromatic N) is 3. The second-order valence-corrected chi connectivity index (χ2v) is 20.1. The quantitative estimate of drug-likeness (QED) is 0.0608. The van der Waals surface area contributed by atoms with E-state index in [1.54, 1.807) is 24.3 Å². The highest BCUT2D eigenvalue weighted by atomic mass is 32.3. The number of para-hydroxylation sites is 4. The summed E-state index contributed by atoms with van der Waals surface area (Å²) in [7, 11) is -13.9. The first-order valence-electron chi connectivity index (χ1n) is 17.6. The van der Waals surface area contributed by atoms with E-state index in [1.807, 2.05) is 73.8 Å². The number of carbonyl (C=O) groups excluding carboxylic acids is 3. The molecule has 7 N–H and O–H groups in total. The molecule has 298 valence electrons. The molecule has 0 saturated carbocycles. The Morgan fingerprint density at radius 1 is 0.804 bits per heavy atom. The third-order valence-electron chi connectivity index (χ3n) is 9.21. The number of hydrogen-bond donors (Lipinski definition) is 7. The van der Waals surface area contributed by atoms with Crippen molar-refractivity contribution in [3.8, 4) is 11.5 Å². The number of carbonyl (C=O) groups is 3. The molecule has 0 fully saturated rings. The minimum atomic E-state index is -5.43. The van der Waals surface area contributed by atoms with Crippen LogP contribution >= 0.6 is 26.0 Å². The van der Waals surface area contributed by atoms with Crippen molar-refractivity contribution in [3.63, 3.8) is 0 Å². The van der Waals surface area contributed by atoms with E-state index >= 15 is 0 Å². The van der Waals surface area contributed by atoms with Crippen LogP contribution in [0.5, 0.6) is 11.5 Å². The van der Waals surface area contributed by atoms with Crippen LogP contribution in [0.25, 0.3) is 0 Å². The van der Waals surface area contributed by atoms with Gasteiger partial charge in [-0.15, -0.1) is 3.89 Å². The van der Waals surface area contributed by atoms with Crippen LogP contribution in [0, 0.1) is 5.92 Å². The van der Waals surface area contributed by atoms with Crippen LogP contribution in [0.3, 0.4) is 0 Å². The van der Waals surface area contributed by atoms with E-state index < -0.39 is 60.6 Å². The molecule has 56 heavy (non-hydrogen) atoms. The van der Waals surface area contributed by atoms with E-state index in [2.05, 4.69) is 20.6 Å². The van der Waals surface area contributed by atoms with Crippen molar-refractivity contribution < 1.29 is 51.5 Å². The first-order chi connectivity index (χ1) is 26.5. The molecule has 6 rings (SSSR count). The first kappa shape index (κ1) is 41.0. The number of amides is 3. The summed E-state index contributed by atoms with van der Waals surface area (Å²) in [5, 5.41) is 7.05. The zero-order valence-electron chi connectivity index (χ0n) is 30.4. The van der Waals surface area contributed by atoms with Crippen molar-refractivity contribution in [2.75, 3.05) is 6.54 Å². The Kier molecular flexibility index (Phi) is 12.0. The lowest BCUT2D eigenvalue weighted by molar-refractivity contribution is -0.123. The largest absolute Gasteiger partial charge is 0.360 e. The summed E-state index contributed by atoms with van der Waals surface area (Å²) in [5.74, 6) is -1.17. The van der Waals surface area contributed by atoms with Gasteiger partial charge in [-0.25, -0.2) is 4.98 Å². The van der Waals surface area contributed by atoms with E-state index in [9.17, 15) is 43.1 Å². The summed E-state index contributed by atoms with van der Waals surface area (Å²) in [6.07, 6.45) is 4.24. The first-order valence-corrected chi connectivity index (χ1v) is 22.5. The highest BCUT2D eigenvalue weighted by Crippen LogP contribution is 2.79. The number of nitrogens with one attached hydrogen (secondary N) is 3. The minimum Gasteiger partial charge on any atom is -0.339 e. The maximum atomic E-state index is 14.6. The van der Waals surface area contributed by atoms with Crippen molar-refractivity contribution >= 4 is 55.1 Å². The Hall–Kier alpha value is -4.64. The molecule has 2 atom stereocenters. The fourth-order valence-corrected chi connectivity index (χ4v) is 12.9. The number of fused-ring (bicyclic) bond motifs is 5. The lowest BCUT2D eigenvalue weighted by atomic mass is 10.0. The van der Waals surface area contributed by atoms with Crippen LogP contribution in [0.2, 0.25) is 0 Å². The van der Waals surface area contributed by atoms with Crippen LogP contribution in [0.4, 0.5) is 11.4 Å². The summed E-state index contributed by atoms with van der Waals surface area (Å²) >= 11 is 0. The van der Waals surface area contributed by atoms with Crippen molar-refractivity contribution in [3.05, 3.63) is 109 Å². The van der Waals surface area contributed by atoms with Crippen LogP contribution in [-0.4, -0.2) is 70.7 Å². The molecule has 2 aliphatic heterocycles. The van der Waals surface area contributed by atoms with Crippen LogP contribution < -0.4 is 28.2 Å². The van der Waals surface area contributed by atoms with Gasteiger partial charge in [-0.1, -0.05) is 68.4 Å². The average molecular weight is 830 g/mol. The molecule has 4 aromatic rings. The predicted octanol–water partition coefficient (Wildman–Crippen LogP) is 4.52. The highest BCUT2D eigenvalue weighted by molar-refractivity contribution is 8.27. The Morgan fingerprint density at radius 3 is 1.95 bits per heavy atom.